The quantitative estimate of drug-likeness (QED) is 0.664. The Labute approximate surface area is 75.5 Å². The van der Waals surface area contributed by atoms with E-state index in [1.165, 1.54) is 5.56 Å². The third-order valence-electron chi connectivity index (χ3n) is 1.95. The molecule has 0 fully saturated rings. The molecular formula is C9H9ClN2. The Morgan fingerprint density at radius 2 is 2.08 bits per heavy atom. The first-order chi connectivity index (χ1) is 5.68. The first-order valence-electron chi connectivity index (χ1n) is 3.79. The molecule has 62 valence electrons. The molecule has 0 aliphatic carbocycles. The second-order valence-corrected chi connectivity index (χ2v) is 3.39. The van der Waals surface area contributed by atoms with Crippen LogP contribution in [0.4, 0.5) is 0 Å². The maximum absolute atomic E-state index is 5.90. The summed E-state index contributed by atoms with van der Waals surface area (Å²) in [6.07, 6.45) is 0. The van der Waals surface area contributed by atoms with Gasteiger partial charge in [-0.2, -0.15) is 5.10 Å². The van der Waals surface area contributed by atoms with Crippen LogP contribution in [0, 0.1) is 13.8 Å². The zero-order valence-corrected chi connectivity index (χ0v) is 7.74. The Morgan fingerprint density at radius 3 is 2.83 bits per heavy atom. The summed E-state index contributed by atoms with van der Waals surface area (Å²) in [5.41, 5.74) is 3.34. The number of aromatic nitrogens is 2. The van der Waals surface area contributed by atoms with E-state index in [4.69, 9.17) is 11.6 Å². The first-order valence-corrected chi connectivity index (χ1v) is 4.17. The molecule has 0 aliphatic rings. The topological polar surface area (TPSA) is 28.7 Å². The largest absolute Gasteiger partial charge is 0.266 e. The molecule has 0 radical (unpaired) electrons. The highest BCUT2D eigenvalue weighted by Gasteiger charge is 2.05. The monoisotopic (exact) mass is 180 g/mol. The van der Waals surface area contributed by atoms with Crippen molar-refractivity contribution in [3.05, 3.63) is 28.4 Å². The Bertz CT molecular complexity index is 431. The summed E-state index contributed by atoms with van der Waals surface area (Å²) in [7, 11) is 0. The van der Waals surface area contributed by atoms with Crippen molar-refractivity contribution in [1.29, 1.82) is 0 Å². The molecule has 1 aromatic carbocycles. The summed E-state index contributed by atoms with van der Waals surface area (Å²) < 4.78 is 0. The molecule has 0 saturated carbocycles. The zero-order chi connectivity index (χ0) is 8.72. The standard InChI is InChI=1S/C9H9ClN2/c1-5-3-6(2)8-7(4-5)9(10)12-11-8/h3-4H,1-2H3,(H,11,12). The van der Waals surface area contributed by atoms with Gasteiger partial charge in [0.15, 0.2) is 0 Å². The third kappa shape index (κ3) is 0.994. The summed E-state index contributed by atoms with van der Waals surface area (Å²) in [5, 5.41) is 8.49. The van der Waals surface area contributed by atoms with E-state index in [9.17, 15) is 0 Å². The molecule has 1 N–H and O–H groups in total. The molecule has 2 nitrogen and oxygen atoms in total. The summed E-state index contributed by atoms with van der Waals surface area (Å²) in [6.45, 7) is 4.09. The fraction of sp³-hybridized carbons (Fsp3) is 0.222. The summed E-state index contributed by atoms with van der Waals surface area (Å²) in [4.78, 5) is 0. The van der Waals surface area contributed by atoms with Crippen molar-refractivity contribution >= 4 is 22.5 Å². The number of aromatic amines is 1. The predicted octanol–water partition coefficient (Wildman–Crippen LogP) is 2.83. The van der Waals surface area contributed by atoms with Gasteiger partial charge in [0.1, 0.15) is 5.15 Å². The second kappa shape index (κ2) is 2.49. The van der Waals surface area contributed by atoms with Gasteiger partial charge in [-0.3, -0.25) is 5.10 Å². The van der Waals surface area contributed by atoms with Crippen LogP contribution in [0.3, 0.4) is 0 Å². The number of nitrogens with one attached hydrogen (secondary N) is 1. The van der Waals surface area contributed by atoms with Crippen molar-refractivity contribution in [2.45, 2.75) is 13.8 Å². The van der Waals surface area contributed by atoms with Crippen molar-refractivity contribution in [3.8, 4) is 0 Å². The van der Waals surface area contributed by atoms with Gasteiger partial charge in [-0.05, 0) is 25.5 Å². The van der Waals surface area contributed by atoms with Gasteiger partial charge in [-0.1, -0.05) is 23.2 Å². The normalized spacial score (nSPS) is 10.9. The van der Waals surface area contributed by atoms with E-state index in [2.05, 4.69) is 23.2 Å². The lowest BCUT2D eigenvalue weighted by molar-refractivity contribution is 1.11. The highest BCUT2D eigenvalue weighted by atomic mass is 35.5. The molecule has 0 bridgehead atoms. The number of hydrogen-bond donors (Lipinski definition) is 1. The molecule has 12 heavy (non-hydrogen) atoms. The van der Waals surface area contributed by atoms with Crippen molar-refractivity contribution in [3.63, 3.8) is 0 Å². The van der Waals surface area contributed by atoms with Crippen LogP contribution < -0.4 is 0 Å². The van der Waals surface area contributed by atoms with Crippen LogP contribution in [0.1, 0.15) is 11.1 Å². The molecule has 0 atom stereocenters. The van der Waals surface area contributed by atoms with Gasteiger partial charge in [0.05, 0.1) is 5.52 Å². The second-order valence-electron chi connectivity index (χ2n) is 3.02. The van der Waals surface area contributed by atoms with Crippen LogP contribution in [0.15, 0.2) is 12.1 Å². The highest BCUT2D eigenvalue weighted by Crippen LogP contribution is 2.24. The zero-order valence-electron chi connectivity index (χ0n) is 6.98. The molecule has 1 aromatic heterocycles. The molecular weight excluding hydrogens is 172 g/mol. The van der Waals surface area contributed by atoms with Crippen LogP contribution in [0.5, 0.6) is 0 Å². The van der Waals surface area contributed by atoms with Crippen LogP contribution in [-0.4, -0.2) is 10.2 Å². The smallest absolute Gasteiger partial charge is 0.132 e. The Hall–Kier alpha value is -1.02. The lowest BCUT2D eigenvalue weighted by atomic mass is 10.1. The number of fused-ring (bicyclic) bond motifs is 1. The van der Waals surface area contributed by atoms with E-state index < -0.39 is 0 Å². The number of nitrogens with zero attached hydrogens (tertiary/aromatic N) is 1. The molecule has 1 heterocycles. The maximum Gasteiger partial charge on any atom is 0.132 e. The van der Waals surface area contributed by atoms with Crippen LogP contribution >= 0.6 is 11.6 Å². The lowest BCUT2D eigenvalue weighted by Crippen LogP contribution is -1.78. The van der Waals surface area contributed by atoms with E-state index in [-0.39, 0.29) is 0 Å². The summed E-state index contributed by atoms with van der Waals surface area (Å²) in [5.74, 6) is 0. The van der Waals surface area contributed by atoms with Crippen molar-refractivity contribution in [2.24, 2.45) is 0 Å². The number of rotatable bonds is 0. The Kier molecular flexibility index (Phi) is 1.58. The predicted molar refractivity (Wildman–Crippen MR) is 50.6 cm³/mol. The van der Waals surface area contributed by atoms with Gasteiger partial charge >= 0.3 is 0 Å². The lowest BCUT2D eigenvalue weighted by Gasteiger charge is -1.96. The van der Waals surface area contributed by atoms with E-state index in [0.717, 1.165) is 16.5 Å². The molecule has 3 heteroatoms. The fourth-order valence-corrected chi connectivity index (χ4v) is 1.63. The summed E-state index contributed by atoms with van der Waals surface area (Å²) in [6, 6.07) is 4.13. The molecule has 0 aliphatic heterocycles. The average Bonchev–Trinajstić information content (AvgIpc) is 2.33. The molecule has 0 spiro atoms. The van der Waals surface area contributed by atoms with Gasteiger partial charge in [0, 0.05) is 5.39 Å². The molecule has 2 aromatic rings. The van der Waals surface area contributed by atoms with E-state index >= 15 is 0 Å². The Morgan fingerprint density at radius 1 is 1.33 bits per heavy atom. The van der Waals surface area contributed by atoms with Gasteiger partial charge in [0.2, 0.25) is 0 Å². The fourth-order valence-electron chi connectivity index (χ4n) is 1.44. The van der Waals surface area contributed by atoms with Gasteiger partial charge in [-0.25, -0.2) is 0 Å². The minimum Gasteiger partial charge on any atom is -0.266 e. The molecule has 2 rings (SSSR count). The first kappa shape index (κ1) is 7.62. The highest BCUT2D eigenvalue weighted by molar-refractivity contribution is 6.34. The van der Waals surface area contributed by atoms with E-state index in [1.54, 1.807) is 0 Å². The van der Waals surface area contributed by atoms with Crippen molar-refractivity contribution in [1.82, 2.24) is 10.2 Å². The van der Waals surface area contributed by atoms with Gasteiger partial charge in [0.25, 0.3) is 0 Å². The van der Waals surface area contributed by atoms with Crippen LogP contribution in [-0.2, 0) is 0 Å². The number of aryl methyl sites for hydroxylation is 2. The van der Waals surface area contributed by atoms with Crippen LogP contribution in [0.25, 0.3) is 10.9 Å². The number of H-pyrrole nitrogens is 1. The average molecular weight is 181 g/mol. The summed E-state index contributed by atoms with van der Waals surface area (Å²) >= 11 is 5.90. The number of hydrogen-bond acceptors (Lipinski definition) is 1. The maximum atomic E-state index is 5.90. The van der Waals surface area contributed by atoms with Crippen molar-refractivity contribution < 1.29 is 0 Å². The molecule has 0 unspecified atom stereocenters. The Balaban J connectivity index is 2.92. The number of halogens is 1. The van der Waals surface area contributed by atoms with Gasteiger partial charge < -0.3 is 0 Å². The SMILES string of the molecule is Cc1cc(C)c2n[nH]c(Cl)c2c1. The van der Waals surface area contributed by atoms with E-state index in [0.29, 0.717) is 5.15 Å². The minimum atomic E-state index is 0.622. The van der Waals surface area contributed by atoms with Crippen LogP contribution in [0.2, 0.25) is 5.15 Å². The number of benzene rings is 1. The van der Waals surface area contributed by atoms with E-state index in [1.807, 2.05) is 13.0 Å². The minimum absolute atomic E-state index is 0.622. The van der Waals surface area contributed by atoms with Crippen molar-refractivity contribution in [2.75, 3.05) is 0 Å². The molecule has 0 saturated heterocycles. The van der Waals surface area contributed by atoms with Gasteiger partial charge in [-0.15, -0.1) is 0 Å². The molecule has 0 amide bonds. The third-order valence-corrected chi connectivity index (χ3v) is 2.24.